The molecule has 0 fully saturated rings. The summed E-state index contributed by atoms with van der Waals surface area (Å²) >= 11 is 0. The van der Waals surface area contributed by atoms with Gasteiger partial charge in [0.2, 0.25) is 5.72 Å². The van der Waals surface area contributed by atoms with Crippen molar-refractivity contribution in [2.75, 3.05) is 11.9 Å². The van der Waals surface area contributed by atoms with Gasteiger partial charge >= 0.3 is 0 Å². The molecule has 0 radical (unpaired) electrons. The van der Waals surface area contributed by atoms with Gasteiger partial charge in [0.05, 0.1) is 11.6 Å². The molecule has 1 aromatic heterocycles. The minimum Gasteiger partial charge on any atom is -0.459 e. The molecule has 0 bridgehead atoms. The van der Waals surface area contributed by atoms with E-state index in [1.807, 2.05) is 18.5 Å². The Bertz CT molecular complexity index is 1090. The van der Waals surface area contributed by atoms with Crippen molar-refractivity contribution in [2.45, 2.75) is 31.9 Å². The van der Waals surface area contributed by atoms with E-state index in [4.69, 9.17) is 9.73 Å². The topological polar surface area (TPSA) is 37.7 Å². The second kappa shape index (κ2) is 4.85. The number of hydrogen-bond donors (Lipinski definition) is 0. The van der Waals surface area contributed by atoms with E-state index in [0.29, 0.717) is 0 Å². The van der Waals surface area contributed by atoms with Gasteiger partial charge in [-0.15, -0.1) is 0 Å². The fraction of sp³-hybridized carbons (Fsp3) is 0.273. The summed E-state index contributed by atoms with van der Waals surface area (Å²) in [6.07, 6.45) is 5.66. The molecule has 0 amide bonds. The normalized spacial score (nSPS) is 22.4. The number of aryl methyl sites for hydroxylation is 1. The van der Waals surface area contributed by atoms with Crippen molar-refractivity contribution in [1.29, 1.82) is 0 Å². The van der Waals surface area contributed by atoms with Crippen LogP contribution in [0.2, 0.25) is 0 Å². The van der Waals surface area contributed by atoms with Gasteiger partial charge in [-0.2, -0.15) is 0 Å². The molecule has 130 valence electrons. The Morgan fingerprint density at radius 2 is 1.92 bits per heavy atom. The first-order valence-corrected chi connectivity index (χ1v) is 8.90. The van der Waals surface area contributed by atoms with E-state index >= 15 is 0 Å². The lowest BCUT2D eigenvalue weighted by Crippen LogP contribution is -2.61. The van der Waals surface area contributed by atoms with Gasteiger partial charge in [0.15, 0.2) is 5.75 Å². The quantitative estimate of drug-likeness (QED) is 0.590. The minimum atomic E-state index is -0.644. The Labute approximate surface area is 153 Å². The first kappa shape index (κ1) is 15.4. The molecule has 0 saturated carbocycles. The molecule has 1 atom stereocenters. The van der Waals surface area contributed by atoms with Gasteiger partial charge in [0.25, 0.3) is 0 Å². The fourth-order valence-electron chi connectivity index (χ4n) is 4.47. The predicted molar refractivity (Wildman–Crippen MR) is 106 cm³/mol. The first-order valence-electron chi connectivity index (χ1n) is 8.90. The van der Waals surface area contributed by atoms with Crippen molar-refractivity contribution in [3.8, 4) is 5.75 Å². The number of fused-ring (bicyclic) bond motifs is 4. The Balaban J connectivity index is 1.75. The minimum absolute atomic E-state index is 0.237. The zero-order valence-electron chi connectivity index (χ0n) is 15.4. The van der Waals surface area contributed by atoms with E-state index in [0.717, 1.165) is 27.8 Å². The van der Waals surface area contributed by atoms with Gasteiger partial charge in [-0.25, -0.2) is 0 Å². The van der Waals surface area contributed by atoms with E-state index in [9.17, 15) is 0 Å². The van der Waals surface area contributed by atoms with Gasteiger partial charge < -0.3 is 9.64 Å². The molecule has 4 nitrogen and oxygen atoms in total. The molecule has 0 saturated heterocycles. The summed E-state index contributed by atoms with van der Waals surface area (Å²) in [6.45, 7) is 6.54. The molecule has 2 aromatic carbocycles. The van der Waals surface area contributed by atoms with E-state index in [1.165, 1.54) is 11.3 Å². The van der Waals surface area contributed by atoms with Crippen LogP contribution in [0.1, 0.15) is 25.0 Å². The molecule has 1 unspecified atom stereocenters. The maximum Gasteiger partial charge on any atom is 0.228 e. The molecule has 0 aliphatic carbocycles. The number of benzene rings is 2. The number of aromatic nitrogens is 1. The van der Waals surface area contributed by atoms with E-state index in [2.05, 4.69) is 68.0 Å². The third kappa shape index (κ3) is 1.69. The maximum atomic E-state index is 6.79. The summed E-state index contributed by atoms with van der Waals surface area (Å²) in [4.78, 5) is 11.4. The maximum absolute atomic E-state index is 6.79. The van der Waals surface area contributed by atoms with Crippen LogP contribution in [-0.2, 0) is 5.41 Å². The molecule has 4 heteroatoms. The Kier molecular flexibility index (Phi) is 2.87. The van der Waals surface area contributed by atoms with Gasteiger partial charge in [-0.05, 0) is 50.1 Å². The fourth-order valence-corrected chi connectivity index (χ4v) is 4.47. The third-order valence-corrected chi connectivity index (χ3v) is 6.01. The van der Waals surface area contributed by atoms with Crippen LogP contribution in [-0.4, -0.2) is 24.0 Å². The summed E-state index contributed by atoms with van der Waals surface area (Å²) in [5.41, 5.74) is 3.56. The number of ether oxygens (including phenoxy) is 1. The van der Waals surface area contributed by atoms with Crippen LogP contribution in [0.25, 0.3) is 10.8 Å². The van der Waals surface area contributed by atoms with Gasteiger partial charge in [0.1, 0.15) is 5.69 Å². The second-order valence-electron chi connectivity index (χ2n) is 7.73. The van der Waals surface area contributed by atoms with Crippen LogP contribution in [0, 0.1) is 6.92 Å². The van der Waals surface area contributed by atoms with Crippen molar-refractivity contribution in [1.82, 2.24) is 4.98 Å². The van der Waals surface area contributed by atoms with Crippen LogP contribution < -0.4 is 9.64 Å². The molecule has 3 aromatic rings. The van der Waals surface area contributed by atoms with Crippen LogP contribution in [0.15, 0.2) is 53.8 Å². The number of anilines is 1. The van der Waals surface area contributed by atoms with Gasteiger partial charge in [-0.1, -0.05) is 18.2 Å². The number of hydrogen-bond acceptors (Lipinski definition) is 4. The number of nitrogens with zero attached hydrogens (tertiary/aromatic N) is 3. The Hall–Kier alpha value is -2.88. The highest BCUT2D eigenvalue weighted by molar-refractivity contribution is 6.00. The Morgan fingerprint density at radius 1 is 1.12 bits per heavy atom. The summed E-state index contributed by atoms with van der Waals surface area (Å²) in [5, 5.41) is 2.16. The summed E-state index contributed by atoms with van der Waals surface area (Å²) < 4.78 is 6.79. The van der Waals surface area contributed by atoms with Crippen LogP contribution in [0.5, 0.6) is 5.75 Å². The summed E-state index contributed by atoms with van der Waals surface area (Å²) in [6, 6.07) is 12.6. The average Bonchev–Trinajstić information content (AvgIpc) is 2.81. The standard InChI is InChI=1S/C22H21N3O/c1-14-11-15-12-23-10-9-16(15)19-20(14)26-22(13-24-19)21(2,3)17-7-5-6-8-18(17)25(22)4/h5-13H,1-4H3. The van der Waals surface area contributed by atoms with Gasteiger partial charge in [-0.3, -0.25) is 9.98 Å². The van der Waals surface area contributed by atoms with E-state index < -0.39 is 5.72 Å². The highest BCUT2D eigenvalue weighted by Gasteiger charge is 2.58. The lowest BCUT2D eigenvalue weighted by atomic mass is 9.77. The second-order valence-corrected chi connectivity index (χ2v) is 7.73. The van der Waals surface area contributed by atoms with Crippen LogP contribution in [0.4, 0.5) is 11.4 Å². The number of aliphatic imine (C=N–C) groups is 1. The zero-order valence-corrected chi connectivity index (χ0v) is 15.4. The van der Waals surface area contributed by atoms with Crippen molar-refractivity contribution in [3.05, 3.63) is 59.9 Å². The highest BCUT2D eigenvalue weighted by Crippen LogP contribution is 2.54. The largest absolute Gasteiger partial charge is 0.459 e. The number of para-hydroxylation sites is 1. The van der Waals surface area contributed by atoms with Crippen molar-refractivity contribution in [2.24, 2.45) is 4.99 Å². The number of rotatable bonds is 0. The van der Waals surface area contributed by atoms with Crippen molar-refractivity contribution in [3.63, 3.8) is 0 Å². The Morgan fingerprint density at radius 3 is 2.73 bits per heavy atom. The zero-order chi connectivity index (χ0) is 18.1. The van der Waals surface area contributed by atoms with Crippen LogP contribution >= 0.6 is 0 Å². The lowest BCUT2D eigenvalue weighted by Gasteiger charge is -2.45. The van der Waals surface area contributed by atoms with E-state index in [-0.39, 0.29) is 5.41 Å². The summed E-state index contributed by atoms with van der Waals surface area (Å²) in [5.74, 6) is 0.860. The molecular formula is C22H21N3O. The van der Waals surface area contributed by atoms with Crippen molar-refractivity contribution < 1.29 is 4.74 Å². The van der Waals surface area contributed by atoms with Gasteiger partial charge in [0, 0.05) is 35.9 Å². The number of likely N-dealkylation sites (N-methyl/N-ethyl adjacent to an activating group) is 1. The molecule has 26 heavy (non-hydrogen) atoms. The third-order valence-electron chi connectivity index (χ3n) is 6.01. The number of pyridine rings is 1. The molecule has 5 rings (SSSR count). The highest BCUT2D eigenvalue weighted by atomic mass is 16.5. The molecule has 2 aliphatic rings. The lowest BCUT2D eigenvalue weighted by molar-refractivity contribution is 0.0819. The van der Waals surface area contributed by atoms with Crippen LogP contribution in [0.3, 0.4) is 0 Å². The predicted octanol–water partition coefficient (Wildman–Crippen LogP) is 4.76. The van der Waals surface area contributed by atoms with E-state index in [1.54, 1.807) is 6.20 Å². The molecular weight excluding hydrogens is 322 g/mol. The molecule has 3 heterocycles. The molecule has 1 spiro atoms. The summed E-state index contributed by atoms with van der Waals surface area (Å²) in [7, 11) is 2.09. The smallest absolute Gasteiger partial charge is 0.228 e. The molecule has 0 N–H and O–H groups in total. The average molecular weight is 343 g/mol. The van der Waals surface area contributed by atoms with Crippen molar-refractivity contribution >= 4 is 28.4 Å². The monoisotopic (exact) mass is 343 g/mol. The SMILES string of the molecule is Cc1cc2cnccc2c2c1OC1(C=N2)N(C)c2ccccc2C1(C)C. The molecule has 2 aliphatic heterocycles. The first-order chi connectivity index (χ1) is 12.5.